The van der Waals surface area contributed by atoms with Crippen LogP contribution in [0.2, 0.25) is 0 Å². The molecule has 0 rings (SSSR count). The number of hydrogen-bond acceptors (Lipinski definition) is 3. The van der Waals surface area contributed by atoms with Crippen molar-refractivity contribution in [2.45, 2.75) is 46.1 Å². The van der Waals surface area contributed by atoms with Crippen LogP contribution in [0.5, 0.6) is 0 Å². The predicted octanol–water partition coefficient (Wildman–Crippen LogP) is 1.89. The predicted molar refractivity (Wildman–Crippen MR) is 64.6 cm³/mol. The molecule has 0 aromatic rings. The summed E-state index contributed by atoms with van der Waals surface area (Å²) in [5.41, 5.74) is 0. The van der Waals surface area contributed by atoms with E-state index in [4.69, 9.17) is 9.84 Å². The van der Waals surface area contributed by atoms with Crippen molar-refractivity contribution in [1.82, 2.24) is 5.32 Å². The van der Waals surface area contributed by atoms with Gasteiger partial charge in [-0.2, -0.15) is 0 Å². The van der Waals surface area contributed by atoms with E-state index >= 15 is 0 Å². The molecule has 4 nitrogen and oxygen atoms in total. The van der Waals surface area contributed by atoms with E-state index in [0.29, 0.717) is 19.1 Å². The van der Waals surface area contributed by atoms with Gasteiger partial charge in [-0.25, -0.2) is 0 Å². The van der Waals surface area contributed by atoms with Gasteiger partial charge in [-0.05, 0) is 25.3 Å². The minimum absolute atomic E-state index is 0.253. The van der Waals surface area contributed by atoms with E-state index in [0.717, 1.165) is 19.3 Å². The lowest BCUT2D eigenvalue weighted by Gasteiger charge is -2.16. The number of carbonyl (C=O) groups is 1. The van der Waals surface area contributed by atoms with Crippen LogP contribution in [0.1, 0.15) is 40.0 Å². The molecule has 96 valence electrons. The van der Waals surface area contributed by atoms with Crippen molar-refractivity contribution in [3.63, 3.8) is 0 Å². The molecule has 2 unspecified atom stereocenters. The van der Waals surface area contributed by atoms with Crippen molar-refractivity contribution < 1.29 is 14.6 Å². The van der Waals surface area contributed by atoms with Crippen LogP contribution in [-0.4, -0.2) is 36.9 Å². The average molecular weight is 231 g/mol. The Morgan fingerprint density at radius 1 is 1.31 bits per heavy atom. The molecule has 0 fully saturated rings. The highest BCUT2D eigenvalue weighted by Crippen LogP contribution is 2.05. The molecule has 4 heteroatoms. The van der Waals surface area contributed by atoms with E-state index in [1.165, 1.54) is 0 Å². The molecule has 0 aliphatic rings. The van der Waals surface area contributed by atoms with E-state index < -0.39 is 12.0 Å². The van der Waals surface area contributed by atoms with Gasteiger partial charge >= 0.3 is 5.97 Å². The van der Waals surface area contributed by atoms with Gasteiger partial charge < -0.3 is 15.2 Å². The van der Waals surface area contributed by atoms with Crippen molar-refractivity contribution in [1.29, 1.82) is 0 Å². The van der Waals surface area contributed by atoms with Gasteiger partial charge in [0, 0.05) is 6.61 Å². The number of carboxylic acid groups (broad SMARTS) is 1. The summed E-state index contributed by atoms with van der Waals surface area (Å²) in [6, 6.07) is -0.575. The minimum Gasteiger partial charge on any atom is -0.480 e. The summed E-state index contributed by atoms with van der Waals surface area (Å²) in [6.45, 7) is 7.88. The molecule has 0 spiro atoms. The Balaban J connectivity index is 3.71. The second-order valence-electron chi connectivity index (χ2n) is 4.28. The molecule has 0 aliphatic carbocycles. The second-order valence-corrected chi connectivity index (χ2v) is 4.28. The third kappa shape index (κ3) is 7.65. The zero-order chi connectivity index (χ0) is 12.4. The zero-order valence-corrected chi connectivity index (χ0v) is 10.7. The fourth-order valence-corrected chi connectivity index (χ4v) is 1.50. The Morgan fingerprint density at radius 3 is 2.50 bits per heavy atom. The first-order valence-corrected chi connectivity index (χ1v) is 6.15. The largest absolute Gasteiger partial charge is 0.480 e. The summed E-state index contributed by atoms with van der Waals surface area (Å²) in [6.07, 6.45) is 3.19. The topological polar surface area (TPSA) is 58.6 Å². The number of nitrogens with one attached hydrogen (secondary N) is 1. The lowest BCUT2D eigenvalue weighted by atomic mass is 10.1. The number of rotatable bonds is 10. The molecule has 0 saturated heterocycles. The first-order valence-electron chi connectivity index (χ1n) is 6.15. The van der Waals surface area contributed by atoms with E-state index in [1.54, 1.807) is 0 Å². The standard InChI is InChI=1S/C12H25NO3/c1-4-6-10(3)8-16-9-11(12(14)15)13-7-5-2/h10-11,13H,4-9H2,1-3H3,(H,14,15). The van der Waals surface area contributed by atoms with Gasteiger partial charge in [0.05, 0.1) is 6.61 Å². The van der Waals surface area contributed by atoms with Crippen LogP contribution in [0.25, 0.3) is 0 Å². The van der Waals surface area contributed by atoms with Crippen LogP contribution in [0.3, 0.4) is 0 Å². The Labute approximate surface area is 98.4 Å². The van der Waals surface area contributed by atoms with Gasteiger partial charge in [-0.15, -0.1) is 0 Å². The van der Waals surface area contributed by atoms with E-state index in [1.807, 2.05) is 6.92 Å². The summed E-state index contributed by atoms with van der Waals surface area (Å²) in [5, 5.41) is 11.9. The van der Waals surface area contributed by atoms with Crippen molar-refractivity contribution in [2.24, 2.45) is 5.92 Å². The van der Waals surface area contributed by atoms with Crippen LogP contribution in [0.4, 0.5) is 0 Å². The average Bonchev–Trinajstić information content (AvgIpc) is 2.23. The van der Waals surface area contributed by atoms with Crippen LogP contribution < -0.4 is 5.32 Å². The van der Waals surface area contributed by atoms with Gasteiger partial charge in [-0.1, -0.05) is 27.2 Å². The first-order chi connectivity index (χ1) is 7.61. The summed E-state index contributed by atoms with van der Waals surface area (Å²) >= 11 is 0. The minimum atomic E-state index is -0.836. The maximum Gasteiger partial charge on any atom is 0.323 e. The summed E-state index contributed by atoms with van der Waals surface area (Å²) in [4.78, 5) is 10.9. The van der Waals surface area contributed by atoms with Crippen LogP contribution in [-0.2, 0) is 9.53 Å². The third-order valence-electron chi connectivity index (χ3n) is 2.41. The van der Waals surface area contributed by atoms with E-state index in [9.17, 15) is 4.79 Å². The van der Waals surface area contributed by atoms with Gasteiger partial charge in [0.15, 0.2) is 0 Å². The van der Waals surface area contributed by atoms with E-state index in [-0.39, 0.29) is 6.61 Å². The fourth-order valence-electron chi connectivity index (χ4n) is 1.50. The highest BCUT2D eigenvalue weighted by atomic mass is 16.5. The van der Waals surface area contributed by atoms with Crippen molar-refractivity contribution in [2.75, 3.05) is 19.8 Å². The second kappa shape index (κ2) is 9.60. The van der Waals surface area contributed by atoms with Crippen LogP contribution in [0.15, 0.2) is 0 Å². The third-order valence-corrected chi connectivity index (χ3v) is 2.41. The zero-order valence-electron chi connectivity index (χ0n) is 10.7. The molecule has 0 bridgehead atoms. The highest BCUT2D eigenvalue weighted by molar-refractivity contribution is 5.73. The van der Waals surface area contributed by atoms with Crippen molar-refractivity contribution >= 4 is 5.97 Å². The Hall–Kier alpha value is -0.610. The van der Waals surface area contributed by atoms with Gasteiger partial charge in [0.1, 0.15) is 6.04 Å². The molecular formula is C12H25NO3. The van der Waals surface area contributed by atoms with Crippen molar-refractivity contribution in [3.05, 3.63) is 0 Å². The number of aliphatic carboxylic acids is 1. The molecular weight excluding hydrogens is 206 g/mol. The molecule has 0 aromatic carbocycles. The molecule has 0 amide bonds. The van der Waals surface area contributed by atoms with Crippen LogP contribution >= 0.6 is 0 Å². The summed E-state index contributed by atoms with van der Waals surface area (Å²) in [5.74, 6) is -0.331. The highest BCUT2D eigenvalue weighted by Gasteiger charge is 2.16. The maximum atomic E-state index is 10.9. The lowest BCUT2D eigenvalue weighted by molar-refractivity contribution is -0.141. The lowest BCUT2D eigenvalue weighted by Crippen LogP contribution is -2.41. The molecule has 0 radical (unpaired) electrons. The SMILES string of the molecule is CCCNC(COCC(C)CCC)C(=O)O. The Bertz CT molecular complexity index is 185. The smallest absolute Gasteiger partial charge is 0.323 e. The van der Waals surface area contributed by atoms with Gasteiger partial charge in [0.25, 0.3) is 0 Å². The molecule has 2 N–H and O–H groups in total. The first kappa shape index (κ1) is 15.4. The monoisotopic (exact) mass is 231 g/mol. The maximum absolute atomic E-state index is 10.9. The molecule has 0 aromatic heterocycles. The molecule has 0 saturated carbocycles. The summed E-state index contributed by atoms with van der Waals surface area (Å²) < 4.78 is 5.43. The molecule has 2 atom stereocenters. The Morgan fingerprint density at radius 2 is 2.00 bits per heavy atom. The number of carboxylic acids is 1. The number of ether oxygens (including phenoxy) is 1. The quantitative estimate of drug-likeness (QED) is 0.603. The van der Waals surface area contributed by atoms with Crippen molar-refractivity contribution in [3.8, 4) is 0 Å². The summed E-state index contributed by atoms with van der Waals surface area (Å²) in [7, 11) is 0. The Kier molecular flexibility index (Phi) is 9.24. The fraction of sp³-hybridized carbons (Fsp3) is 0.917. The normalized spacial score (nSPS) is 14.7. The van der Waals surface area contributed by atoms with E-state index in [2.05, 4.69) is 19.2 Å². The van der Waals surface area contributed by atoms with Gasteiger partial charge in [0.2, 0.25) is 0 Å². The number of hydrogen-bond donors (Lipinski definition) is 2. The molecule has 0 aliphatic heterocycles. The van der Waals surface area contributed by atoms with Crippen LogP contribution in [0, 0.1) is 5.92 Å². The van der Waals surface area contributed by atoms with Gasteiger partial charge in [-0.3, -0.25) is 4.79 Å². The molecule has 16 heavy (non-hydrogen) atoms. The molecule has 0 heterocycles.